The first kappa shape index (κ1) is 13.1. The van der Waals surface area contributed by atoms with Crippen molar-refractivity contribution in [3.8, 4) is 6.07 Å². The zero-order chi connectivity index (χ0) is 13.3. The summed E-state index contributed by atoms with van der Waals surface area (Å²) in [6.07, 6.45) is 2.06. The first-order valence-corrected chi connectivity index (χ1v) is 7.62. The van der Waals surface area contributed by atoms with E-state index in [2.05, 4.69) is 4.98 Å². The van der Waals surface area contributed by atoms with E-state index in [0.29, 0.717) is 17.8 Å². The third-order valence-electron chi connectivity index (χ3n) is 3.08. The van der Waals surface area contributed by atoms with Crippen molar-refractivity contribution in [3.05, 3.63) is 22.8 Å². The van der Waals surface area contributed by atoms with Crippen molar-refractivity contribution in [3.63, 3.8) is 0 Å². The molecule has 0 aliphatic carbocycles. The van der Waals surface area contributed by atoms with Crippen LogP contribution in [-0.2, 0) is 9.84 Å². The summed E-state index contributed by atoms with van der Waals surface area (Å²) in [5, 5.41) is 9.17. The van der Waals surface area contributed by atoms with Gasteiger partial charge in [0.1, 0.15) is 16.9 Å². The number of nitrogens with zero attached hydrogens (tertiary/aromatic N) is 3. The van der Waals surface area contributed by atoms with Crippen molar-refractivity contribution >= 4 is 27.3 Å². The van der Waals surface area contributed by atoms with E-state index < -0.39 is 9.84 Å². The van der Waals surface area contributed by atoms with Crippen LogP contribution in [0.4, 0.5) is 5.82 Å². The number of anilines is 1. The minimum atomic E-state index is -2.95. The van der Waals surface area contributed by atoms with Gasteiger partial charge in [0.2, 0.25) is 0 Å². The first-order chi connectivity index (χ1) is 8.44. The Balaban J connectivity index is 2.31. The maximum atomic E-state index is 11.5. The lowest BCUT2D eigenvalue weighted by Crippen LogP contribution is -2.33. The van der Waals surface area contributed by atoms with Crippen molar-refractivity contribution in [2.75, 3.05) is 23.5 Å². The van der Waals surface area contributed by atoms with E-state index in [1.54, 1.807) is 11.9 Å². The van der Waals surface area contributed by atoms with Crippen molar-refractivity contribution in [1.82, 2.24) is 4.98 Å². The molecular weight excluding hydrogens is 274 g/mol. The topological polar surface area (TPSA) is 74.1 Å². The van der Waals surface area contributed by atoms with Crippen LogP contribution >= 0.6 is 11.6 Å². The Morgan fingerprint density at radius 3 is 2.89 bits per heavy atom. The molecule has 0 aromatic carbocycles. The van der Waals surface area contributed by atoms with Crippen molar-refractivity contribution in [2.45, 2.75) is 12.5 Å². The molecule has 96 valence electrons. The van der Waals surface area contributed by atoms with Gasteiger partial charge in [-0.3, -0.25) is 0 Å². The van der Waals surface area contributed by atoms with Crippen LogP contribution in [-0.4, -0.2) is 38.0 Å². The fourth-order valence-electron chi connectivity index (χ4n) is 2.02. The van der Waals surface area contributed by atoms with Crippen LogP contribution in [0, 0.1) is 11.3 Å². The molecule has 1 atom stereocenters. The molecule has 18 heavy (non-hydrogen) atoms. The smallest absolute Gasteiger partial charge is 0.152 e. The van der Waals surface area contributed by atoms with Gasteiger partial charge in [0.05, 0.1) is 17.1 Å². The van der Waals surface area contributed by atoms with Gasteiger partial charge in [0, 0.05) is 19.3 Å². The summed E-state index contributed by atoms with van der Waals surface area (Å²) in [6, 6.07) is 3.38. The third kappa shape index (κ3) is 2.42. The minimum Gasteiger partial charge on any atom is -0.354 e. The Bertz CT molecular complexity index is 609. The normalized spacial score (nSPS) is 21.5. The second kappa shape index (κ2) is 4.75. The first-order valence-electron chi connectivity index (χ1n) is 5.42. The summed E-state index contributed by atoms with van der Waals surface area (Å²) in [6.45, 7) is 0. The van der Waals surface area contributed by atoms with E-state index in [0.717, 1.165) is 0 Å². The molecule has 0 amide bonds. The van der Waals surface area contributed by atoms with Gasteiger partial charge in [-0.05, 0) is 12.5 Å². The van der Waals surface area contributed by atoms with Gasteiger partial charge in [-0.1, -0.05) is 11.6 Å². The summed E-state index contributed by atoms with van der Waals surface area (Å²) in [7, 11) is -1.20. The number of hydrogen-bond acceptors (Lipinski definition) is 5. The lowest BCUT2D eigenvalue weighted by atomic mass is 10.2. The molecule has 2 rings (SSSR count). The SMILES string of the molecule is CN(c1nccc(C#N)c1Cl)C1CCS(=O)(=O)C1. The summed E-state index contributed by atoms with van der Waals surface area (Å²) >= 11 is 6.08. The predicted octanol–water partition coefficient (Wildman–Crippen LogP) is 1.23. The van der Waals surface area contributed by atoms with E-state index in [1.165, 1.54) is 12.3 Å². The number of hydrogen-bond donors (Lipinski definition) is 0. The van der Waals surface area contributed by atoms with E-state index in [9.17, 15) is 8.42 Å². The maximum Gasteiger partial charge on any atom is 0.152 e. The van der Waals surface area contributed by atoms with Crippen molar-refractivity contribution < 1.29 is 8.42 Å². The summed E-state index contributed by atoms with van der Waals surface area (Å²) in [4.78, 5) is 5.87. The Labute approximate surface area is 111 Å². The van der Waals surface area contributed by atoms with Gasteiger partial charge in [0.15, 0.2) is 9.84 Å². The van der Waals surface area contributed by atoms with Crippen LogP contribution in [0.25, 0.3) is 0 Å². The molecule has 2 heterocycles. The molecule has 0 bridgehead atoms. The lowest BCUT2D eigenvalue weighted by molar-refractivity contribution is 0.600. The van der Waals surface area contributed by atoms with Gasteiger partial charge in [0.25, 0.3) is 0 Å². The van der Waals surface area contributed by atoms with E-state index in [4.69, 9.17) is 16.9 Å². The van der Waals surface area contributed by atoms with Gasteiger partial charge < -0.3 is 4.90 Å². The summed E-state index contributed by atoms with van der Waals surface area (Å²) in [5.41, 5.74) is 0.342. The number of halogens is 1. The van der Waals surface area contributed by atoms with Crippen molar-refractivity contribution in [1.29, 1.82) is 5.26 Å². The highest BCUT2D eigenvalue weighted by molar-refractivity contribution is 7.91. The van der Waals surface area contributed by atoms with Gasteiger partial charge in [-0.25, -0.2) is 13.4 Å². The second-order valence-electron chi connectivity index (χ2n) is 4.28. The van der Waals surface area contributed by atoms with Crippen LogP contribution in [0.15, 0.2) is 12.3 Å². The number of rotatable bonds is 2. The zero-order valence-electron chi connectivity index (χ0n) is 9.80. The molecule has 0 saturated carbocycles. The fraction of sp³-hybridized carbons (Fsp3) is 0.455. The molecule has 0 radical (unpaired) electrons. The molecule has 1 aromatic heterocycles. The van der Waals surface area contributed by atoms with Gasteiger partial charge in [-0.2, -0.15) is 5.26 Å². The molecule has 1 aliphatic heterocycles. The molecular formula is C11H12ClN3O2S. The van der Waals surface area contributed by atoms with Crippen LogP contribution in [0.1, 0.15) is 12.0 Å². The maximum absolute atomic E-state index is 11.5. The fourth-order valence-corrected chi connectivity index (χ4v) is 4.08. The Morgan fingerprint density at radius 2 is 2.33 bits per heavy atom. The molecule has 0 spiro atoms. The molecule has 1 unspecified atom stereocenters. The van der Waals surface area contributed by atoms with Crippen LogP contribution in [0.5, 0.6) is 0 Å². The van der Waals surface area contributed by atoms with Crippen LogP contribution in [0.2, 0.25) is 5.02 Å². The average Bonchev–Trinajstić information content (AvgIpc) is 2.69. The number of pyridine rings is 1. The van der Waals surface area contributed by atoms with E-state index >= 15 is 0 Å². The molecule has 0 N–H and O–H groups in total. The molecule has 5 nitrogen and oxygen atoms in total. The van der Waals surface area contributed by atoms with Crippen LogP contribution < -0.4 is 4.90 Å². The predicted molar refractivity (Wildman–Crippen MR) is 69.4 cm³/mol. The monoisotopic (exact) mass is 285 g/mol. The number of sulfone groups is 1. The quantitative estimate of drug-likeness (QED) is 0.817. The molecule has 1 aliphatic rings. The average molecular weight is 286 g/mol. The van der Waals surface area contributed by atoms with Gasteiger partial charge >= 0.3 is 0 Å². The van der Waals surface area contributed by atoms with E-state index in [1.807, 2.05) is 6.07 Å². The summed E-state index contributed by atoms with van der Waals surface area (Å²) < 4.78 is 22.9. The Morgan fingerprint density at radius 1 is 1.61 bits per heavy atom. The lowest BCUT2D eigenvalue weighted by Gasteiger charge is -2.25. The highest BCUT2D eigenvalue weighted by Gasteiger charge is 2.32. The number of aromatic nitrogens is 1. The number of nitriles is 1. The molecule has 1 saturated heterocycles. The highest BCUT2D eigenvalue weighted by Crippen LogP contribution is 2.29. The highest BCUT2D eigenvalue weighted by atomic mass is 35.5. The molecule has 1 fully saturated rings. The standard InChI is InChI=1S/C11H12ClN3O2S/c1-15(9-3-5-18(16,17)7-9)11-10(12)8(6-13)2-4-14-11/h2,4,9H,3,5,7H2,1H3. The Hall–Kier alpha value is -1.32. The van der Waals surface area contributed by atoms with Crippen molar-refractivity contribution in [2.24, 2.45) is 0 Å². The third-order valence-corrected chi connectivity index (χ3v) is 5.20. The minimum absolute atomic E-state index is 0.109. The van der Waals surface area contributed by atoms with Crippen LogP contribution in [0.3, 0.4) is 0 Å². The Kier molecular flexibility index (Phi) is 3.46. The zero-order valence-corrected chi connectivity index (χ0v) is 11.4. The largest absolute Gasteiger partial charge is 0.354 e. The second-order valence-corrected chi connectivity index (χ2v) is 6.88. The van der Waals surface area contributed by atoms with Gasteiger partial charge in [-0.15, -0.1) is 0 Å². The molecule has 7 heteroatoms. The summed E-state index contributed by atoms with van der Waals surface area (Å²) in [5.74, 6) is 0.758. The van der Waals surface area contributed by atoms with E-state index in [-0.39, 0.29) is 22.6 Å². The molecule has 1 aromatic rings.